The molecule has 18 heavy (non-hydrogen) atoms. The molecule has 0 amide bonds. The van der Waals surface area contributed by atoms with Gasteiger partial charge in [0.1, 0.15) is 5.75 Å². The highest BCUT2D eigenvalue weighted by atomic mass is 127. The van der Waals surface area contributed by atoms with Gasteiger partial charge in [0, 0.05) is 21.4 Å². The molecule has 1 aromatic heterocycles. The number of oxime groups is 1. The van der Waals surface area contributed by atoms with Gasteiger partial charge in [-0.1, -0.05) is 17.3 Å². The summed E-state index contributed by atoms with van der Waals surface area (Å²) in [7, 11) is 0. The lowest BCUT2D eigenvalue weighted by molar-refractivity contribution is 0.318. The van der Waals surface area contributed by atoms with Crippen molar-refractivity contribution in [2.45, 2.75) is 0 Å². The number of hydrogen-bond donors (Lipinski definition) is 2. The molecule has 0 saturated heterocycles. The topological polar surface area (TPSA) is 80.7 Å². The van der Waals surface area contributed by atoms with Crippen LogP contribution in [0.2, 0.25) is 0 Å². The van der Waals surface area contributed by atoms with Gasteiger partial charge < -0.3 is 15.7 Å². The molecule has 0 spiro atoms. The van der Waals surface area contributed by atoms with Gasteiger partial charge in [-0.15, -0.1) is 0 Å². The molecule has 0 saturated carbocycles. The van der Waals surface area contributed by atoms with Crippen molar-refractivity contribution in [1.29, 1.82) is 0 Å². The van der Waals surface area contributed by atoms with Gasteiger partial charge in [-0.2, -0.15) is 0 Å². The predicted molar refractivity (Wildman–Crippen MR) is 76.0 cm³/mol. The number of aromatic nitrogens is 1. The smallest absolute Gasteiger partial charge is 0.219 e. The van der Waals surface area contributed by atoms with E-state index in [0.29, 0.717) is 17.2 Å². The van der Waals surface area contributed by atoms with E-state index in [4.69, 9.17) is 15.7 Å². The average Bonchev–Trinajstić information content (AvgIpc) is 2.41. The van der Waals surface area contributed by atoms with Crippen LogP contribution in [0.4, 0.5) is 0 Å². The predicted octanol–water partition coefficient (Wildman–Crippen LogP) is 2.57. The monoisotopic (exact) mass is 355 g/mol. The molecule has 92 valence electrons. The van der Waals surface area contributed by atoms with Crippen LogP contribution in [0.5, 0.6) is 11.6 Å². The number of amidine groups is 1. The van der Waals surface area contributed by atoms with Crippen molar-refractivity contribution in [1.82, 2.24) is 4.98 Å². The lowest BCUT2D eigenvalue weighted by Crippen LogP contribution is -2.12. The van der Waals surface area contributed by atoms with E-state index in [-0.39, 0.29) is 5.84 Å². The van der Waals surface area contributed by atoms with Crippen LogP contribution in [0.15, 0.2) is 47.8 Å². The third-order valence-corrected chi connectivity index (χ3v) is 2.80. The minimum atomic E-state index is 0.0380. The fourth-order valence-corrected chi connectivity index (χ4v) is 1.64. The second-order valence-electron chi connectivity index (χ2n) is 3.43. The number of rotatable bonds is 3. The lowest BCUT2D eigenvalue weighted by Gasteiger charge is -2.06. The van der Waals surface area contributed by atoms with Gasteiger partial charge in [0.25, 0.3) is 0 Å². The van der Waals surface area contributed by atoms with E-state index >= 15 is 0 Å². The molecular formula is C12H10IN3O2. The summed E-state index contributed by atoms with van der Waals surface area (Å²) in [5.41, 5.74) is 6.09. The highest BCUT2D eigenvalue weighted by molar-refractivity contribution is 14.1. The highest BCUT2D eigenvalue weighted by Gasteiger charge is 2.03. The number of halogens is 1. The minimum Gasteiger partial charge on any atom is -0.439 e. The van der Waals surface area contributed by atoms with E-state index in [0.717, 1.165) is 3.57 Å². The van der Waals surface area contributed by atoms with Gasteiger partial charge in [-0.25, -0.2) is 4.98 Å². The zero-order valence-corrected chi connectivity index (χ0v) is 11.4. The molecule has 2 aromatic rings. The average molecular weight is 355 g/mol. The second-order valence-corrected chi connectivity index (χ2v) is 4.68. The van der Waals surface area contributed by atoms with E-state index in [1.165, 1.54) is 0 Å². The fourth-order valence-electron chi connectivity index (χ4n) is 1.32. The first-order valence-corrected chi connectivity index (χ1v) is 6.14. The van der Waals surface area contributed by atoms with Crippen LogP contribution in [-0.4, -0.2) is 16.0 Å². The van der Waals surface area contributed by atoms with Crippen molar-refractivity contribution in [3.63, 3.8) is 0 Å². The van der Waals surface area contributed by atoms with Crippen molar-refractivity contribution in [2.24, 2.45) is 10.9 Å². The molecule has 0 unspecified atom stereocenters. The first-order chi connectivity index (χ1) is 8.69. The molecule has 3 N–H and O–H groups in total. The molecular weight excluding hydrogens is 345 g/mol. The summed E-state index contributed by atoms with van der Waals surface area (Å²) < 4.78 is 6.59. The second kappa shape index (κ2) is 5.67. The SMILES string of the molecule is NC(=NO)c1cccc(Oc2ccc(I)cn2)c1. The van der Waals surface area contributed by atoms with Crippen LogP contribution >= 0.6 is 22.6 Å². The molecule has 0 aliphatic rings. The molecule has 0 aliphatic carbocycles. The first-order valence-electron chi connectivity index (χ1n) is 5.06. The van der Waals surface area contributed by atoms with Gasteiger partial charge in [-0.3, -0.25) is 0 Å². The number of nitrogens with two attached hydrogens (primary N) is 1. The molecule has 1 heterocycles. The Morgan fingerprint density at radius 2 is 2.17 bits per heavy atom. The first kappa shape index (κ1) is 12.6. The molecule has 0 bridgehead atoms. The molecule has 0 fully saturated rings. The third-order valence-electron chi connectivity index (χ3n) is 2.16. The molecule has 5 nitrogen and oxygen atoms in total. The Hall–Kier alpha value is -1.83. The number of hydrogen-bond acceptors (Lipinski definition) is 4. The van der Waals surface area contributed by atoms with Crippen LogP contribution < -0.4 is 10.5 Å². The summed E-state index contributed by atoms with van der Waals surface area (Å²) in [6.07, 6.45) is 1.71. The Morgan fingerprint density at radius 1 is 1.33 bits per heavy atom. The Balaban J connectivity index is 2.22. The number of nitrogens with zero attached hydrogens (tertiary/aromatic N) is 2. The van der Waals surface area contributed by atoms with Crippen LogP contribution in [0.1, 0.15) is 5.56 Å². The summed E-state index contributed by atoms with van der Waals surface area (Å²) >= 11 is 2.17. The Labute approximate surface area is 117 Å². The van der Waals surface area contributed by atoms with Gasteiger partial charge in [0.05, 0.1) is 0 Å². The number of ether oxygens (including phenoxy) is 1. The normalized spacial score (nSPS) is 11.3. The zero-order chi connectivity index (χ0) is 13.0. The Kier molecular flexibility index (Phi) is 3.98. The lowest BCUT2D eigenvalue weighted by atomic mass is 10.2. The van der Waals surface area contributed by atoms with Gasteiger partial charge >= 0.3 is 0 Å². The van der Waals surface area contributed by atoms with Gasteiger partial charge in [0.15, 0.2) is 5.84 Å². The molecule has 6 heteroatoms. The van der Waals surface area contributed by atoms with Gasteiger partial charge in [-0.05, 0) is 40.8 Å². The van der Waals surface area contributed by atoms with Crippen molar-refractivity contribution in [3.8, 4) is 11.6 Å². The van der Waals surface area contributed by atoms with E-state index in [1.807, 2.05) is 6.07 Å². The number of benzene rings is 1. The van der Waals surface area contributed by atoms with E-state index < -0.39 is 0 Å². The fraction of sp³-hybridized carbons (Fsp3) is 0. The van der Waals surface area contributed by atoms with E-state index in [2.05, 4.69) is 32.7 Å². The summed E-state index contributed by atoms with van der Waals surface area (Å²) in [5, 5.41) is 11.5. The van der Waals surface area contributed by atoms with Gasteiger partial charge in [0.2, 0.25) is 5.88 Å². The van der Waals surface area contributed by atoms with Crippen LogP contribution in [-0.2, 0) is 0 Å². The molecule has 0 atom stereocenters. The molecule has 1 aromatic carbocycles. The largest absolute Gasteiger partial charge is 0.439 e. The van der Waals surface area contributed by atoms with Crippen molar-refractivity contribution in [3.05, 3.63) is 51.7 Å². The van der Waals surface area contributed by atoms with Crippen LogP contribution in [0.3, 0.4) is 0 Å². The summed E-state index contributed by atoms with van der Waals surface area (Å²) in [6, 6.07) is 10.6. The van der Waals surface area contributed by atoms with Crippen molar-refractivity contribution >= 4 is 28.4 Å². The van der Waals surface area contributed by atoms with Crippen molar-refractivity contribution in [2.75, 3.05) is 0 Å². The maximum Gasteiger partial charge on any atom is 0.219 e. The quantitative estimate of drug-likeness (QED) is 0.292. The highest BCUT2D eigenvalue weighted by Crippen LogP contribution is 2.20. The standard InChI is InChI=1S/C12H10IN3O2/c13-9-4-5-11(15-7-9)18-10-3-1-2-8(6-10)12(14)16-17/h1-7,17H,(H2,14,16). The number of pyridine rings is 1. The van der Waals surface area contributed by atoms with E-state index in [9.17, 15) is 0 Å². The maximum absolute atomic E-state index is 8.61. The minimum absolute atomic E-state index is 0.0380. The van der Waals surface area contributed by atoms with Crippen molar-refractivity contribution < 1.29 is 9.94 Å². The maximum atomic E-state index is 8.61. The van der Waals surface area contributed by atoms with Crippen LogP contribution in [0.25, 0.3) is 0 Å². The molecule has 2 rings (SSSR count). The molecule has 0 aliphatic heterocycles. The summed E-state index contributed by atoms with van der Waals surface area (Å²) in [6.45, 7) is 0. The Morgan fingerprint density at radius 3 is 2.83 bits per heavy atom. The summed E-state index contributed by atoms with van der Waals surface area (Å²) in [4.78, 5) is 4.13. The Bertz CT molecular complexity index is 570. The third kappa shape index (κ3) is 3.10. The summed E-state index contributed by atoms with van der Waals surface area (Å²) in [5.74, 6) is 1.11. The van der Waals surface area contributed by atoms with E-state index in [1.54, 1.807) is 36.5 Å². The zero-order valence-electron chi connectivity index (χ0n) is 9.25. The molecule has 0 radical (unpaired) electrons. The van der Waals surface area contributed by atoms with Crippen LogP contribution in [0, 0.1) is 3.57 Å².